The van der Waals surface area contributed by atoms with Gasteiger partial charge in [0, 0.05) is 5.54 Å². The van der Waals surface area contributed by atoms with Gasteiger partial charge < -0.3 is 0 Å². The maximum atomic E-state index is 6.88. The highest BCUT2D eigenvalue weighted by atomic mass is 35.7. The molecule has 0 bridgehead atoms. The monoisotopic (exact) mass is 334 g/mol. The summed E-state index contributed by atoms with van der Waals surface area (Å²) >= 11 is 13.8. The molecule has 0 nitrogen and oxygen atoms in total. The van der Waals surface area contributed by atoms with Gasteiger partial charge in [0.25, 0.3) is 6.69 Å². The average molecular weight is 335 g/mol. The lowest BCUT2D eigenvalue weighted by Gasteiger charge is -2.50. The van der Waals surface area contributed by atoms with Gasteiger partial charge in [-0.2, -0.15) is 0 Å². The molecule has 0 aliphatic carbocycles. The van der Waals surface area contributed by atoms with Gasteiger partial charge in [0.1, 0.15) is 0 Å². The van der Waals surface area contributed by atoms with E-state index in [1.54, 1.807) is 0 Å². The van der Waals surface area contributed by atoms with Gasteiger partial charge in [-0.1, -0.05) is 56.9 Å². The molecule has 1 unspecified atom stereocenters. The third-order valence-electron chi connectivity index (χ3n) is 3.81. The summed E-state index contributed by atoms with van der Waals surface area (Å²) in [5.41, 5.74) is 3.58. The van der Waals surface area contributed by atoms with E-state index in [1.807, 2.05) is 0 Å². The molecule has 0 aromatic rings. The fourth-order valence-electron chi connectivity index (χ4n) is 3.01. The first-order valence-electron chi connectivity index (χ1n) is 7.08. The van der Waals surface area contributed by atoms with Crippen LogP contribution in [0.2, 0.25) is 25.2 Å². The van der Waals surface area contributed by atoms with Gasteiger partial charge in [0.05, 0.1) is 8.07 Å². The highest BCUT2D eigenvalue weighted by Gasteiger charge is 2.58. The second kappa shape index (κ2) is 5.36. The number of allylic oxidation sites excluding steroid dienone is 3. The molecule has 0 N–H and O–H groups in total. The zero-order chi connectivity index (χ0) is 15.2. The Morgan fingerprint density at radius 2 is 1.74 bits per heavy atom. The van der Waals surface area contributed by atoms with Crippen LogP contribution in [0, 0.1) is 5.41 Å². The molecule has 0 radical (unpaired) electrons. The summed E-state index contributed by atoms with van der Waals surface area (Å²) in [6, 6.07) is 0. The summed E-state index contributed by atoms with van der Waals surface area (Å²) in [6.45, 7) is 16.0. The van der Waals surface area contributed by atoms with E-state index < -0.39 is 14.8 Å². The van der Waals surface area contributed by atoms with Crippen LogP contribution < -0.4 is 0 Å². The van der Waals surface area contributed by atoms with Crippen LogP contribution in [0.5, 0.6) is 0 Å². The van der Waals surface area contributed by atoms with E-state index in [2.05, 4.69) is 60.3 Å². The Morgan fingerprint density at radius 1 is 1.26 bits per heavy atom. The lowest BCUT2D eigenvalue weighted by atomic mass is 9.86. The van der Waals surface area contributed by atoms with Gasteiger partial charge in [-0.05, 0) is 31.3 Å². The van der Waals surface area contributed by atoms with Crippen molar-refractivity contribution in [2.24, 2.45) is 5.41 Å². The summed E-state index contributed by atoms with van der Waals surface area (Å²) in [5, 5.41) is 0. The molecular weight excluding hydrogens is 307 g/mol. The van der Waals surface area contributed by atoms with E-state index >= 15 is 0 Å². The molecule has 0 aromatic carbocycles. The first kappa shape index (κ1) is 17.5. The molecule has 0 aromatic heterocycles. The molecule has 0 saturated heterocycles. The third kappa shape index (κ3) is 3.58. The fraction of sp³-hybridized carbons (Fsp3) is 0.733. The Balaban J connectivity index is 3.33. The van der Waals surface area contributed by atoms with Crippen molar-refractivity contribution in [3.05, 3.63) is 22.0 Å². The van der Waals surface area contributed by atoms with Crippen molar-refractivity contribution >= 4 is 36.9 Å². The zero-order valence-electron chi connectivity index (χ0n) is 13.6. The zero-order valence-corrected chi connectivity index (χ0v) is 17.1. The molecule has 0 saturated carbocycles. The Bertz CT molecular complexity index is 420. The highest BCUT2D eigenvalue weighted by Crippen LogP contribution is 2.60. The van der Waals surface area contributed by atoms with Crippen molar-refractivity contribution < 1.29 is 0 Å². The van der Waals surface area contributed by atoms with E-state index in [1.165, 1.54) is 16.0 Å². The molecule has 1 aliphatic heterocycles. The smallest absolute Gasteiger partial charge is 0.140 e. The molecule has 4 heteroatoms. The molecule has 0 amide bonds. The number of rotatable bonds is 3. The van der Waals surface area contributed by atoms with Crippen LogP contribution in [-0.2, 0) is 0 Å². The van der Waals surface area contributed by atoms with E-state index in [-0.39, 0.29) is 5.41 Å². The summed E-state index contributed by atoms with van der Waals surface area (Å²) in [5.74, 6) is 0. The standard InChI is InChI=1S/C15H28Cl2Si2/c1-9-11(2)13-12(10-15(3,4)5)19(16,17)14(13)18(6,7)8/h9,12H,10H2,1-8H3. The van der Waals surface area contributed by atoms with Crippen LogP contribution in [-0.4, -0.2) is 14.8 Å². The molecule has 19 heavy (non-hydrogen) atoms. The van der Waals surface area contributed by atoms with E-state index in [9.17, 15) is 0 Å². The van der Waals surface area contributed by atoms with Crippen LogP contribution in [0.1, 0.15) is 41.0 Å². The average Bonchev–Trinajstić information content (AvgIpc) is 2.18. The number of hydrogen-bond acceptors (Lipinski definition) is 0. The van der Waals surface area contributed by atoms with Gasteiger partial charge in [0.2, 0.25) is 0 Å². The summed E-state index contributed by atoms with van der Waals surface area (Å²) in [7, 11) is -1.43. The minimum atomic E-state index is -2.25. The highest BCUT2D eigenvalue weighted by molar-refractivity contribution is 7.54. The largest absolute Gasteiger partial charge is 0.280 e. The van der Waals surface area contributed by atoms with Crippen LogP contribution in [0.3, 0.4) is 0 Å². The lowest BCUT2D eigenvalue weighted by molar-refractivity contribution is 0.374. The third-order valence-corrected chi connectivity index (χ3v) is 15.0. The van der Waals surface area contributed by atoms with Crippen molar-refractivity contribution in [2.75, 3.05) is 0 Å². The molecule has 0 spiro atoms. The quantitative estimate of drug-likeness (QED) is 0.413. The Morgan fingerprint density at radius 3 is 2.05 bits per heavy atom. The van der Waals surface area contributed by atoms with Gasteiger partial charge in [-0.25, -0.2) is 0 Å². The van der Waals surface area contributed by atoms with Crippen LogP contribution in [0.15, 0.2) is 22.0 Å². The maximum Gasteiger partial charge on any atom is 0.280 e. The van der Waals surface area contributed by atoms with Crippen LogP contribution in [0.4, 0.5) is 0 Å². The minimum Gasteiger partial charge on any atom is -0.140 e. The second-order valence-corrected chi connectivity index (χ2v) is 20.1. The normalized spacial score (nSPS) is 24.5. The van der Waals surface area contributed by atoms with Crippen molar-refractivity contribution in [1.29, 1.82) is 0 Å². The van der Waals surface area contributed by atoms with Gasteiger partial charge in [0.15, 0.2) is 0 Å². The molecule has 0 fully saturated rings. The van der Waals surface area contributed by atoms with Crippen molar-refractivity contribution in [3.63, 3.8) is 0 Å². The second-order valence-electron chi connectivity index (χ2n) is 7.95. The van der Waals surface area contributed by atoms with E-state index in [0.717, 1.165) is 6.42 Å². The van der Waals surface area contributed by atoms with E-state index in [0.29, 0.717) is 5.54 Å². The fourth-order valence-corrected chi connectivity index (χ4v) is 18.1. The molecule has 1 rings (SSSR count). The van der Waals surface area contributed by atoms with E-state index in [4.69, 9.17) is 22.2 Å². The molecule has 110 valence electrons. The predicted molar refractivity (Wildman–Crippen MR) is 95.1 cm³/mol. The number of halogens is 2. The first-order valence-corrected chi connectivity index (χ1v) is 14.7. The maximum absolute atomic E-state index is 6.88. The summed E-state index contributed by atoms with van der Waals surface area (Å²) in [4.78, 5) is 1.48. The van der Waals surface area contributed by atoms with Crippen molar-refractivity contribution in [2.45, 2.75) is 66.2 Å². The molecule has 1 heterocycles. The summed E-state index contributed by atoms with van der Waals surface area (Å²) < 4.78 is 0. The van der Waals surface area contributed by atoms with Gasteiger partial charge in [-0.15, -0.1) is 22.2 Å². The van der Waals surface area contributed by atoms with Crippen LogP contribution in [0.25, 0.3) is 0 Å². The van der Waals surface area contributed by atoms with Crippen LogP contribution >= 0.6 is 22.2 Å². The van der Waals surface area contributed by atoms with Crippen molar-refractivity contribution in [1.82, 2.24) is 0 Å². The Hall–Kier alpha value is 0.494. The van der Waals surface area contributed by atoms with Gasteiger partial charge in [-0.3, -0.25) is 0 Å². The van der Waals surface area contributed by atoms with Gasteiger partial charge >= 0.3 is 0 Å². The Labute approximate surface area is 130 Å². The predicted octanol–water partition coefficient (Wildman–Crippen LogP) is 6.41. The molecule has 1 atom stereocenters. The lowest BCUT2D eigenvalue weighted by Crippen LogP contribution is -2.53. The SMILES string of the molecule is CC=C(C)C1=C([Si](C)(C)C)[Si](Cl)(Cl)C1CC(C)(C)C. The minimum absolute atomic E-state index is 0.275. The summed E-state index contributed by atoms with van der Waals surface area (Å²) in [6.07, 6.45) is 3.31. The molecule has 1 aliphatic rings. The topological polar surface area (TPSA) is 0 Å². The number of hydrogen-bond donors (Lipinski definition) is 0. The van der Waals surface area contributed by atoms with Crippen molar-refractivity contribution in [3.8, 4) is 0 Å². The Kier molecular flexibility index (Phi) is 4.95. The first-order chi connectivity index (χ1) is 8.32. The molecular formula is C15H28Cl2Si2.